The first-order valence-electron chi connectivity index (χ1n) is 9.21. The van der Waals surface area contributed by atoms with Gasteiger partial charge in [-0.05, 0) is 42.5 Å². The third-order valence-electron chi connectivity index (χ3n) is 4.16. The second kappa shape index (κ2) is 10.1. The number of ether oxygens (including phenoxy) is 4. The maximum absolute atomic E-state index is 13.4. The van der Waals surface area contributed by atoms with Crippen LogP contribution in [-0.4, -0.2) is 32.7 Å². The molecule has 7 nitrogen and oxygen atoms in total. The molecule has 0 atom stereocenters. The summed E-state index contributed by atoms with van der Waals surface area (Å²) in [5.74, 6) is -0.172. The zero-order chi connectivity index (χ0) is 22.2. The van der Waals surface area contributed by atoms with E-state index >= 15 is 0 Å². The van der Waals surface area contributed by atoms with Crippen LogP contribution >= 0.6 is 0 Å². The molecule has 3 aromatic rings. The Morgan fingerprint density at radius 3 is 2.45 bits per heavy atom. The van der Waals surface area contributed by atoms with Gasteiger partial charge in [0.2, 0.25) is 0 Å². The van der Waals surface area contributed by atoms with Gasteiger partial charge < -0.3 is 24.3 Å². The van der Waals surface area contributed by atoms with Crippen molar-refractivity contribution in [2.24, 2.45) is 0 Å². The number of halogens is 1. The average Bonchev–Trinajstić information content (AvgIpc) is 2.78. The molecule has 0 aliphatic heterocycles. The van der Waals surface area contributed by atoms with Crippen molar-refractivity contribution < 1.29 is 32.9 Å². The Labute approximate surface area is 178 Å². The fraction of sp³-hybridized carbons (Fsp3) is 0.130. The fourth-order valence-electron chi connectivity index (χ4n) is 2.63. The highest BCUT2D eigenvalue weighted by Gasteiger charge is 2.15. The van der Waals surface area contributed by atoms with E-state index in [9.17, 15) is 14.0 Å². The van der Waals surface area contributed by atoms with Crippen molar-refractivity contribution in [2.75, 3.05) is 26.1 Å². The Morgan fingerprint density at radius 1 is 0.903 bits per heavy atom. The summed E-state index contributed by atoms with van der Waals surface area (Å²) in [6.07, 6.45) is 0. The van der Waals surface area contributed by atoms with Gasteiger partial charge in [-0.2, -0.15) is 0 Å². The van der Waals surface area contributed by atoms with Crippen LogP contribution in [0.3, 0.4) is 0 Å². The zero-order valence-corrected chi connectivity index (χ0v) is 16.9. The van der Waals surface area contributed by atoms with Crippen molar-refractivity contribution in [3.63, 3.8) is 0 Å². The molecule has 0 heterocycles. The third-order valence-corrected chi connectivity index (χ3v) is 4.16. The lowest BCUT2D eigenvalue weighted by molar-refractivity contribution is -0.142. The van der Waals surface area contributed by atoms with Gasteiger partial charge in [0.1, 0.15) is 11.6 Å². The van der Waals surface area contributed by atoms with E-state index in [0.717, 1.165) is 0 Å². The van der Waals surface area contributed by atoms with Gasteiger partial charge in [-0.1, -0.05) is 18.2 Å². The Kier molecular flexibility index (Phi) is 7.05. The summed E-state index contributed by atoms with van der Waals surface area (Å²) in [6, 6.07) is 17.0. The predicted molar refractivity (Wildman–Crippen MR) is 111 cm³/mol. The molecule has 31 heavy (non-hydrogen) atoms. The summed E-state index contributed by atoms with van der Waals surface area (Å²) in [7, 11) is 2.68. The number of para-hydroxylation sites is 2. The minimum atomic E-state index is -0.543. The van der Waals surface area contributed by atoms with Gasteiger partial charge in [-0.25, -0.2) is 9.18 Å². The van der Waals surface area contributed by atoms with E-state index in [1.165, 1.54) is 50.6 Å². The first-order valence-corrected chi connectivity index (χ1v) is 9.21. The van der Waals surface area contributed by atoms with E-state index in [1.807, 2.05) is 0 Å². The molecule has 3 aromatic carbocycles. The Morgan fingerprint density at radius 2 is 1.71 bits per heavy atom. The number of benzene rings is 3. The number of anilines is 1. The molecule has 0 aliphatic carbocycles. The van der Waals surface area contributed by atoms with E-state index in [0.29, 0.717) is 28.5 Å². The molecule has 8 heteroatoms. The molecule has 0 saturated heterocycles. The molecule has 1 amide bonds. The number of methoxy groups -OCH3 is 2. The van der Waals surface area contributed by atoms with Gasteiger partial charge in [-0.3, -0.25) is 4.79 Å². The number of hydrogen-bond donors (Lipinski definition) is 1. The van der Waals surface area contributed by atoms with Crippen molar-refractivity contribution >= 4 is 17.6 Å². The topological polar surface area (TPSA) is 83.1 Å². The van der Waals surface area contributed by atoms with Crippen molar-refractivity contribution in [3.05, 3.63) is 78.1 Å². The largest absolute Gasteiger partial charge is 0.493 e. The Hall–Kier alpha value is -4.07. The van der Waals surface area contributed by atoms with Crippen molar-refractivity contribution in [3.8, 4) is 23.0 Å². The van der Waals surface area contributed by atoms with Crippen LogP contribution in [0.2, 0.25) is 0 Å². The number of esters is 1. The summed E-state index contributed by atoms with van der Waals surface area (Å²) in [6.45, 7) is -0.288. The van der Waals surface area contributed by atoms with Crippen molar-refractivity contribution in [1.29, 1.82) is 0 Å². The number of hydrogen-bond acceptors (Lipinski definition) is 6. The van der Waals surface area contributed by atoms with Crippen LogP contribution in [0.1, 0.15) is 10.4 Å². The lowest BCUT2D eigenvalue weighted by Crippen LogP contribution is -2.14. The maximum Gasteiger partial charge on any atom is 0.343 e. The SMILES string of the molecule is COC(=O)COc1ccc(C(=O)Nc2ccccc2Oc2cccc(F)c2)cc1OC. The van der Waals surface area contributed by atoms with Gasteiger partial charge in [0, 0.05) is 11.6 Å². The monoisotopic (exact) mass is 425 g/mol. The standard InChI is InChI=1S/C23H20FNO6/c1-28-21-12-15(10-11-20(21)30-14-22(26)29-2)23(27)25-18-8-3-4-9-19(18)31-17-7-5-6-16(24)13-17/h3-13H,14H2,1-2H3,(H,25,27). The smallest absolute Gasteiger partial charge is 0.343 e. The molecule has 0 radical (unpaired) electrons. The summed E-state index contributed by atoms with van der Waals surface area (Å²) in [5.41, 5.74) is 0.699. The molecule has 0 aromatic heterocycles. The van der Waals surface area contributed by atoms with E-state index in [4.69, 9.17) is 14.2 Å². The minimum Gasteiger partial charge on any atom is -0.493 e. The van der Waals surface area contributed by atoms with Crippen LogP contribution in [0.15, 0.2) is 66.7 Å². The van der Waals surface area contributed by atoms with Crippen LogP contribution in [0, 0.1) is 5.82 Å². The highest BCUT2D eigenvalue weighted by molar-refractivity contribution is 6.05. The van der Waals surface area contributed by atoms with Crippen LogP contribution < -0.4 is 19.5 Å². The second-order valence-corrected chi connectivity index (χ2v) is 6.24. The molecule has 3 rings (SSSR count). The number of carbonyl (C=O) groups is 2. The fourth-order valence-corrected chi connectivity index (χ4v) is 2.63. The van der Waals surface area contributed by atoms with Crippen molar-refractivity contribution in [2.45, 2.75) is 0 Å². The normalized spacial score (nSPS) is 10.2. The number of amides is 1. The zero-order valence-electron chi connectivity index (χ0n) is 16.9. The van der Waals surface area contributed by atoms with E-state index in [1.54, 1.807) is 30.3 Å². The number of carbonyl (C=O) groups excluding carboxylic acids is 2. The van der Waals surface area contributed by atoms with Crippen LogP contribution in [-0.2, 0) is 9.53 Å². The van der Waals surface area contributed by atoms with Gasteiger partial charge in [0.25, 0.3) is 5.91 Å². The van der Waals surface area contributed by atoms with Crippen molar-refractivity contribution in [1.82, 2.24) is 0 Å². The first kappa shape index (κ1) is 21.6. The molecule has 0 fully saturated rings. The highest BCUT2D eigenvalue weighted by atomic mass is 19.1. The molecular weight excluding hydrogens is 405 g/mol. The minimum absolute atomic E-state index is 0.279. The number of rotatable bonds is 8. The van der Waals surface area contributed by atoms with Gasteiger partial charge >= 0.3 is 5.97 Å². The van der Waals surface area contributed by atoms with E-state index in [2.05, 4.69) is 10.1 Å². The molecule has 160 valence electrons. The maximum atomic E-state index is 13.4. The summed E-state index contributed by atoms with van der Waals surface area (Å²) in [5, 5.41) is 2.76. The van der Waals surface area contributed by atoms with E-state index < -0.39 is 17.7 Å². The quantitative estimate of drug-likeness (QED) is 0.538. The Bertz CT molecular complexity index is 1090. The highest BCUT2D eigenvalue weighted by Crippen LogP contribution is 2.31. The molecule has 0 unspecified atom stereocenters. The summed E-state index contributed by atoms with van der Waals surface area (Å²) in [4.78, 5) is 24.0. The van der Waals surface area contributed by atoms with Crippen LogP contribution in [0.4, 0.5) is 10.1 Å². The van der Waals surface area contributed by atoms with Gasteiger partial charge in [0.05, 0.1) is 19.9 Å². The molecule has 0 bridgehead atoms. The van der Waals surface area contributed by atoms with Crippen LogP contribution in [0.5, 0.6) is 23.0 Å². The molecule has 0 saturated carbocycles. The molecule has 0 aliphatic rings. The first-order chi connectivity index (χ1) is 15.0. The molecular formula is C23H20FNO6. The number of nitrogens with one attached hydrogen (secondary N) is 1. The summed E-state index contributed by atoms with van der Waals surface area (Å²) >= 11 is 0. The average molecular weight is 425 g/mol. The third kappa shape index (κ3) is 5.72. The molecule has 1 N–H and O–H groups in total. The van der Waals surface area contributed by atoms with E-state index in [-0.39, 0.29) is 12.4 Å². The predicted octanol–water partition coefficient (Wildman–Crippen LogP) is 4.43. The summed E-state index contributed by atoms with van der Waals surface area (Å²) < 4.78 is 34.3. The van der Waals surface area contributed by atoms with Crippen LogP contribution in [0.25, 0.3) is 0 Å². The lowest BCUT2D eigenvalue weighted by Gasteiger charge is -2.14. The second-order valence-electron chi connectivity index (χ2n) is 6.24. The van der Waals surface area contributed by atoms with Gasteiger partial charge in [-0.15, -0.1) is 0 Å². The lowest BCUT2D eigenvalue weighted by atomic mass is 10.1. The Balaban J connectivity index is 1.76. The molecule has 0 spiro atoms. The van der Waals surface area contributed by atoms with Gasteiger partial charge in [0.15, 0.2) is 23.9 Å².